The first kappa shape index (κ1) is 22.8. The number of carbonyl (C=O) groups is 1. The van der Waals surface area contributed by atoms with Crippen molar-refractivity contribution in [2.45, 2.75) is 19.4 Å². The Balaban J connectivity index is 1.62. The van der Waals surface area contributed by atoms with Crippen LogP contribution in [0.1, 0.15) is 27.6 Å². The Labute approximate surface area is 195 Å². The molecule has 1 amide bonds. The van der Waals surface area contributed by atoms with Crippen LogP contribution in [0.3, 0.4) is 0 Å². The molecule has 1 atom stereocenters. The average molecular weight is 468 g/mol. The molecule has 172 valence electrons. The van der Waals surface area contributed by atoms with E-state index in [1.165, 1.54) is 6.07 Å². The second-order valence-corrected chi connectivity index (χ2v) is 8.78. The summed E-state index contributed by atoms with van der Waals surface area (Å²) in [4.78, 5) is 27.0. The number of nitrogens with zero attached hydrogens (tertiary/aromatic N) is 2. The zero-order valence-electron chi connectivity index (χ0n) is 18.7. The summed E-state index contributed by atoms with van der Waals surface area (Å²) < 4.78 is 11.0. The molecular weight excluding hydrogens is 442 g/mol. The third-order valence-electron chi connectivity index (χ3n) is 5.91. The molecule has 33 heavy (non-hydrogen) atoms. The maximum atomic E-state index is 13.0. The Morgan fingerprint density at radius 1 is 1.21 bits per heavy atom. The first-order chi connectivity index (χ1) is 15.9. The highest BCUT2D eigenvalue weighted by atomic mass is 32.1. The minimum Gasteiger partial charge on any atom is -0.493 e. The molecule has 3 aromatic rings. The van der Waals surface area contributed by atoms with E-state index in [2.05, 4.69) is 16.3 Å². The number of carbonyl (C=O) groups excluding carboxylic acids is 1. The Bertz CT molecular complexity index is 1180. The molecule has 1 aromatic heterocycles. The zero-order valence-corrected chi connectivity index (χ0v) is 19.5. The van der Waals surface area contributed by atoms with Gasteiger partial charge in [0.25, 0.3) is 5.69 Å². The van der Waals surface area contributed by atoms with Gasteiger partial charge in [0, 0.05) is 17.5 Å². The van der Waals surface area contributed by atoms with E-state index >= 15 is 0 Å². The summed E-state index contributed by atoms with van der Waals surface area (Å²) in [6.07, 6.45) is 0.765. The van der Waals surface area contributed by atoms with Crippen LogP contribution >= 0.6 is 11.3 Å². The molecule has 2 aromatic carbocycles. The zero-order chi connectivity index (χ0) is 23.5. The predicted molar refractivity (Wildman–Crippen MR) is 127 cm³/mol. The number of amides is 1. The molecule has 0 fully saturated rings. The molecule has 1 N–H and O–H groups in total. The second-order valence-electron chi connectivity index (χ2n) is 7.80. The first-order valence-electron chi connectivity index (χ1n) is 10.5. The number of nitro groups is 1. The second kappa shape index (κ2) is 9.60. The molecule has 0 bridgehead atoms. The van der Waals surface area contributed by atoms with E-state index in [1.807, 2.05) is 23.6 Å². The summed E-state index contributed by atoms with van der Waals surface area (Å²) in [5.74, 6) is 1.12. The van der Waals surface area contributed by atoms with Crippen molar-refractivity contribution in [2.24, 2.45) is 0 Å². The van der Waals surface area contributed by atoms with Crippen LogP contribution in [0.4, 0.5) is 11.4 Å². The van der Waals surface area contributed by atoms with Crippen molar-refractivity contribution in [1.82, 2.24) is 4.90 Å². The van der Waals surface area contributed by atoms with Crippen LogP contribution in [0, 0.1) is 17.0 Å². The molecule has 0 radical (unpaired) electrons. The largest absolute Gasteiger partial charge is 0.493 e. The Hall–Kier alpha value is -3.43. The normalized spacial score (nSPS) is 15.5. The van der Waals surface area contributed by atoms with Gasteiger partial charge in [0.15, 0.2) is 11.5 Å². The Kier molecular flexibility index (Phi) is 6.62. The van der Waals surface area contributed by atoms with E-state index in [1.54, 1.807) is 44.6 Å². The number of methoxy groups -OCH3 is 2. The van der Waals surface area contributed by atoms with E-state index in [9.17, 15) is 14.9 Å². The van der Waals surface area contributed by atoms with Crippen molar-refractivity contribution in [2.75, 3.05) is 32.6 Å². The molecule has 0 spiro atoms. The summed E-state index contributed by atoms with van der Waals surface area (Å²) in [5.41, 5.74) is 3.12. The fourth-order valence-corrected chi connectivity index (χ4v) is 5.16. The Morgan fingerprint density at radius 2 is 1.97 bits per heavy atom. The maximum absolute atomic E-state index is 13.0. The highest BCUT2D eigenvalue weighted by molar-refractivity contribution is 7.10. The van der Waals surface area contributed by atoms with Gasteiger partial charge in [-0.1, -0.05) is 12.1 Å². The fraction of sp³-hybridized carbons (Fsp3) is 0.292. The minimum atomic E-state index is -0.443. The van der Waals surface area contributed by atoms with Crippen LogP contribution in [-0.2, 0) is 11.2 Å². The summed E-state index contributed by atoms with van der Waals surface area (Å²) in [6.45, 7) is 2.48. The van der Waals surface area contributed by atoms with Gasteiger partial charge in [0.05, 0.1) is 43.0 Å². The van der Waals surface area contributed by atoms with Gasteiger partial charge in [-0.05, 0) is 54.1 Å². The number of anilines is 1. The van der Waals surface area contributed by atoms with Crippen molar-refractivity contribution in [3.8, 4) is 11.5 Å². The molecule has 0 saturated heterocycles. The number of hydrogen-bond donors (Lipinski definition) is 1. The molecule has 2 heterocycles. The van der Waals surface area contributed by atoms with Crippen molar-refractivity contribution in [1.29, 1.82) is 0 Å². The van der Waals surface area contributed by atoms with Crippen LogP contribution in [0.15, 0.2) is 47.8 Å². The molecule has 1 aliphatic rings. The number of thiophene rings is 1. The number of hydrogen-bond acceptors (Lipinski definition) is 7. The van der Waals surface area contributed by atoms with E-state index in [-0.39, 0.29) is 24.2 Å². The maximum Gasteiger partial charge on any atom is 0.274 e. The van der Waals surface area contributed by atoms with Crippen LogP contribution < -0.4 is 14.8 Å². The molecule has 1 unspecified atom stereocenters. The van der Waals surface area contributed by atoms with Crippen molar-refractivity contribution in [3.63, 3.8) is 0 Å². The van der Waals surface area contributed by atoms with Crippen molar-refractivity contribution in [3.05, 3.63) is 79.5 Å². The highest BCUT2D eigenvalue weighted by Crippen LogP contribution is 2.42. The van der Waals surface area contributed by atoms with Gasteiger partial charge >= 0.3 is 0 Å². The SMILES string of the molecule is COc1cc2c(cc1OC)C(c1cccs1)N(CC(=O)Nc1cccc([N+](=O)[O-])c1C)CC2. The molecule has 0 aliphatic carbocycles. The van der Waals surface area contributed by atoms with Gasteiger partial charge < -0.3 is 14.8 Å². The fourth-order valence-electron chi connectivity index (χ4n) is 4.28. The lowest BCUT2D eigenvalue weighted by Crippen LogP contribution is -2.41. The van der Waals surface area contributed by atoms with Crippen LogP contribution in [0.5, 0.6) is 11.5 Å². The molecule has 9 heteroatoms. The average Bonchev–Trinajstić information content (AvgIpc) is 3.33. The molecule has 0 saturated carbocycles. The number of rotatable bonds is 7. The van der Waals surface area contributed by atoms with Gasteiger partial charge in [-0.25, -0.2) is 0 Å². The van der Waals surface area contributed by atoms with E-state index in [0.717, 1.165) is 22.4 Å². The van der Waals surface area contributed by atoms with Gasteiger partial charge in [-0.3, -0.25) is 19.8 Å². The number of nitro benzene ring substituents is 1. The summed E-state index contributed by atoms with van der Waals surface area (Å²) >= 11 is 1.64. The quantitative estimate of drug-likeness (QED) is 0.404. The minimum absolute atomic E-state index is 0.0165. The topological polar surface area (TPSA) is 93.9 Å². The summed E-state index contributed by atoms with van der Waals surface area (Å²) in [7, 11) is 3.23. The van der Waals surface area contributed by atoms with Gasteiger partial charge in [-0.2, -0.15) is 0 Å². The van der Waals surface area contributed by atoms with E-state index in [0.29, 0.717) is 29.3 Å². The van der Waals surface area contributed by atoms with E-state index in [4.69, 9.17) is 9.47 Å². The van der Waals surface area contributed by atoms with Crippen LogP contribution in [0.2, 0.25) is 0 Å². The van der Waals surface area contributed by atoms with Gasteiger partial charge in [0.1, 0.15) is 0 Å². The molecule has 1 aliphatic heterocycles. The first-order valence-corrected chi connectivity index (χ1v) is 11.4. The Morgan fingerprint density at radius 3 is 2.64 bits per heavy atom. The van der Waals surface area contributed by atoms with Crippen LogP contribution in [-0.4, -0.2) is 43.0 Å². The third-order valence-corrected chi connectivity index (χ3v) is 6.83. The number of nitrogens with one attached hydrogen (secondary N) is 1. The predicted octanol–water partition coefficient (Wildman–Crippen LogP) is 4.57. The van der Waals surface area contributed by atoms with Crippen molar-refractivity contribution < 1.29 is 19.2 Å². The van der Waals surface area contributed by atoms with Gasteiger partial charge in [0.2, 0.25) is 5.91 Å². The monoisotopic (exact) mass is 467 g/mol. The molecule has 4 rings (SSSR count). The van der Waals surface area contributed by atoms with Gasteiger partial charge in [-0.15, -0.1) is 11.3 Å². The van der Waals surface area contributed by atoms with Crippen LogP contribution in [0.25, 0.3) is 0 Å². The lowest BCUT2D eigenvalue weighted by atomic mass is 9.91. The lowest BCUT2D eigenvalue weighted by Gasteiger charge is -2.37. The summed E-state index contributed by atoms with van der Waals surface area (Å²) in [5, 5.41) is 16.1. The summed E-state index contributed by atoms with van der Waals surface area (Å²) in [6, 6.07) is 12.7. The van der Waals surface area contributed by atoms with E-state index < -0.39 is 4.92 Å². The smallest absolute Gasteiger partial charge is 0.274 e. The molecule has 8 nitrogen and oxygen atoms in total. The lowest BCUT2D eigenvalue weighted by molar-refractivity contribution is -0.385. The highest BCUT2D eigenvalue weighted by Gasteiger charge is 2.32. The number of fused-ring (bicyclic) bond motifs is 1. The number of ether oxygens (including phenoxy) is 2. The molecular formula is C24H25N3O5S. The third kappa shape index (κ3) is 4.55. The standard InChI is InChI=1S/C24H25N3O5S/c1-15-18(6-4-7-19(15)27(29)30)25-23(28)14-26-10-9-16-12-20(31-2)21(32-3)13-17(16)24(26)22-8-5-11-33-22/h4-8,11-13,24H,9-10,14H2,1-3H3,(H,25,28). The number of benzene rings is 2. The van der Waals surface area contributed by atoms with Crippen molar-refractivity contribution >= 4 is 28.6 Å².